The molecule has 164 valence electrons. The maximum atomic E-state index is 12.6. The van der Waals surface area contributed by atoms with Gasteiger partial charge in [0.2, 0.25) is 0 Å². The molecule has 1 aliphatic carbocycles. The van der Waals surface area contributed by atoms with Crippen molar-refractivity contribution in [1.82, 2.24) is 4.98 Å². The number of alkyl halides is 3. The monoisotopic (exact) mass is 442 g/mol. The molecule has 0 radical (unpaired) electrons. The molecule has 9 heteroatoms. The van der Waals surface area contributed by atoms with Gasteiger partial charge in [0.1, 0.15) is 12.4 Å². The van der Waals surface area contributed by atoms with Crippen LogP contribution in [0.3, 0.4) is 0 Å². The molecule has 0 saturated carbocycles. The number of hydrogen-bond donors (Lipinski definition) is 1. The van der Waals surface area contributed by atoms with Gasteiger partial charge in [0.15, 0.2) is 5.78 Å². The molecule has 1 aromatic rings. The van der Waals surface area contributed by atoms with Crippen LogP contribution in [0.4, 0.5) is 13.2 Å². The van der Waals surface area contributed by atoms with Crippen LogP contribution < -0.4 is 0 Å². The second kappa shape index (κ2) is 11.2. The van der Waals surface area contributed by atoms with E-state index in [-0.39, 0.29) is 36.1 Å². The van der Waals surface area contributed by atoms with Crippen LogP contribution in [0.1, 0.15) is 44.6 Å². The minimum Gasteiger partial charge on any atom is -0.511 e. The highest BCUT2D eigenvalue weighted by atomic mass is 32.2. The quantitative estimate of drug-likeness (QED) is 0.165. The Hall–Kier alpha value is -2.29. The molecule has 0 fully saturated rings. The smallest absolute Gasteiger partial charge is 0.417 e. The minimum atomic E-state index is -4.41. The Morgan fingerprint density at radius 3 is 2.77 bits per heavy atom. The van der Waals surface area contributed by atoms with E-state index < -0.39 is 11.7 Å². The zero-order valence-electron chi connectivity index (χ0n) is 16.7. The molecule has 1 heterocycles. The third-order valence-electron chi connectivity index (χ3n) is 4.51. The van der Waals surface area contributed by atoms with Crippen LogP contribution in [-0.2, 0) is 15.8 Å². The predicted octanol–water partition coefficient (Wildman–Crippen LogP) is 5.73. The highest BCUT2D eigenvalue weighted by Gasteiger charge is 2.31. The molecular weight excluding hydrogens is 417 g/mol. The number of thioether (sulfide) groups is 1. The van der Waals surface area contributed by atoms with Crippen molar-refractivity contribution in [3.63, 3.8) is 0 Å². The normalized spacial score (nSPS) is 17.9. The number of rotatable bonds is 10. The van der Waals surface area contributed by atoms with E-state index in [1.807, 2.05) is 6.92 Å². The number of hydrogen-bond acceptors (Lipinski definition) is 6. The molecule has 30 heavy (non-hydrogen) atoms. The van der Waals surface area contributed by atoms with Crippen molar-refractivity contribution in [3.8, 4) is 0 Å². The summed E-state index contributed by atoms with van der Waals surface area (Å²) in [7, 11) is 0. The molecule has 2 rings (SSSR count). The fraction of sp³-hybridized carbons (Fsp3) is 0.476. The van der Waals surface area contributed by atoms with Crippen LogP contribution in [0.25, 0.3) is 0 Å². The fourth-order valence-corrected chi connectivity index (χ4v) is 4.04. The van der Waals surface area contributed by atoms with Crippen molar-refractivity contribution < 1.29 is 27.9 Å². The maximum absolute atomic E-state index is 12.6. The third-order valence-corrected chi connectivity index (χ3v) is 5.48. The third kappa shape index (κ3) is 6.90. The van der Waals surface area contributed by atoms with Gasteiger partial charge in [-0.1, -0.05) is 31.2 Å². The number of nitrogens with zero attached hydrogens (tertiary/aromatic N) is 2. The predicted molar refractivity (Wildman–Crippen MR) is 110 cm³/mol. The van der Waals surface area contributed by atoms with Gasteiger partial charge in [-0.25, -0.2) is 4.98 Å². The SMILES string of the molecule is C=CCON=C(CCC)C1=C(O)CC(CCSc2ccc(C(F)(F)F)cn2)CC1=O. The van der Waals surface area contributed by atoms with E-state index in [0.29, 0.717) is 35.8 Å². The van der Waals surface area contributed by atoms with E-state index in [0.717, 1.165) is 18.7 Å². The second-order valence-corrected chi connectivity index (χ2v) is 8.03. The van der Waals surface area contributed by atoms with Crippen molar-refractivity contribution in [2.45, 2.75) is 50.2 Å². The molecule has 0 bridgehead atoms. The molecule has 1 atom stereocenters. The summed E-state index contributed by atoms with van der Waals surface area (Å²) in [6.07, 6.45) is 0.486. The van der Waals surface area contributed by atoms with Gasteiger partial charge in [-0.3, -0.25) is 4.79 Å². The number of carbonyl (C=O) groups excluding carboxylic acids is 1. The van der Waals surface area contributed by atoms with Crippen LogP contribution in [0.15, 0.2) is 52.5 Å². The molecule has 0 amide bonds. The molecule has 0 saturated heterocycles. The van der Waals surface area contributed by atoms with E-state index in [2.05, 4.69) is 16.7 Å². The number of aliphatic hydroxyl groups excluding tert-OH is 1. The number of oxime groups is 1. The minimum absolute atomic E-state index is 0.0170. The van der Waals surface area contributed by atoms with Crippen molar-refractivity contribution in [3.05, 3.63) is 47.9 Å². The van der Waals surface area contributed by atoms with Gasteiger partial charge in [0.25, 0.3) is 0 Å². The Morgan fingerprint density at radius 2 is 2.20 bits per heavy atom. The highest BCUT2D eigenvalue weighted by Crippen LogP contribution is 2.32. The molecule has 0 aliphatic heterocycles. The Balaban J connectivity index is 1.95. The molecule has 1 unspecified atom stereocenters. The fourth-order valence-electron chi connectivity index (χ4n) is 3.09. The number of aromatic nitrogens is 1. The highest BCUT2D eigenvalue weighted by molar-refractivity contribution is 7.99. The van der Waals surface area contributed by atoms with E-state index in [1.165, 1.54) is 17.8 Å². The molecule has 1 N–H and O–H groups in total. The summed E-state index contributed by atoms with van der Waals surface area (Å²) in [6.45, 7) is 5.71. The van der Waals surface area contributed by atoms with E-state index >= 15 is 0 Å². The van der Waals surface area contributed by atoms with Crippen molar-refractivity contribution in [2.75, 3.05) is 12.4 Å². The van der Waals surface area contributed by atoms with Crippen molar-refractivity contribution >= 4 is 23.3 Å². The summed E-state index contributed by atoms with van der Waals surface area (Å²) in [5.41, 5.74) is -0.0909. The van der Waals surface area contributed by atoms with Gasteiger partial charge in [-0.2, -0.15) is 13.2 Å². The average Bonchev–Trinajstić information content (AvgIpc) is 2.67. The number of Topliss-reactive ketones (excluding diaryl/α,β-unsaturated/α-hetero) is 1. The van der Waals surface area contributed by atoms with Gasteiger partial charge in [-0.05, 0) is 36.6 Å². The average molecular weight is 443 g/mol. The molecule has 0 spiro atoms. The summed E-state index contributed by atoms with van der Waals surface area (Å²) < 4.78 is 37.8. The summed E-state index contributed by atoms with van der Waals surface area (Å²) in [4.78, 5) is 21.6. The first-order chi connectivity index (χ1) is 14.3. The van der Waals surface area contributed by atoms with Gasteiger partial charge < -0.3 is 9.94 Å². The zero-order valence-corrected chi connectivity index (χ0v) is 17.6. The standard InChI is InChI=1S/C21H25F3N2O3S/c1-3-5-16(26-29-9-4-2)20-17(27)11-14(12-18(20)28)8-10-30-19-7-6-15(13-25-19)21(22,23)24/h4,6-7,13-14,27H,2-3,5,8-12H2,1H3. The summed E-state index contributed by atoms with van der Waals surface area (Å²) in [6, 6.07) is 2.34. The van der Waals surface area contributed by atoms with Crippen LogP contribution in [0, 0.1) is 5.92 Å². The molecule has 0 aromatic carbocycles. The number of pyridine rings is 1. The van der Waals surface area contributed by atoms with Gasteiger partial charge in [0.05, 0.1) is 21.9 Å². The van der Waals surface area contributed by atoms with Crippen molar-refractivity contribution in [1.29, 1.82) is 0 Å². The molecule has 1 aliphatic rings. The Labute approximate surface area is 178 Å². The van der Waals surface area contributed by atoms with Crippen LogP contribution in [0.2, 0.25) is 0 Å². The molecular formula is C21H25F3N2O3S. The Kier molecular flexibility index (Phi) is 8.95. The maximum Gasteiger partial charge on any atom is 0.417 e. The first kappa shape index (κ1) is 24.0. The number of ketones is 1. The summed E-state index contributed by atoms with van der Waals surface area (Å²) in [5.74, 6) is 0.386. The van der Waals surface area contributed by atoms with E-state index in [9.17, 15) is 23.1 Å². The molecule has 5 nitrogen and oxygen atoms in total. The number of allylic oxidation sites excluding steroid dienone is 2. The topological polar surface area (TPSA) is 71.8 Å². The molecule has 1 aromatic heterocycles. The van der Waals surface area contributed by atoms with Crippen LogP contribution >= 0.6 is 11.8 Å². The lowest BCUT2D eigenvalue weighted by Gasteiger charge is -2.23. The Bertz CT molecular complexity index is 805. The largest absolute Gasteiger partial charge is 0.511 e. The van der Waals surface area contributed by atoms with Crippen molar-refractivity contribution in [2.24, 2.45) is 11.1 Å². The van der Waals surface area contributed by atoms with Gasteiger partial charge >= 0.3 is 6.18 Å². The van der Waals surface area contributed by atoms with E-state index in [1.54, 1.807) is 6.08 Å². The Morgan fingerprint density at radius 1 is 1.43 bits per heavy atom. The van der Waals surface area contributed by atoms with E-state index in [4.69, 9.17) is 4.84 Å². The first-order valence-electron chi connectivity index (χ1n) is 9.67. The summed E-state index contributed by atoms with van der Waals surface area (Å²) >= 11 is 1.32. The summed E-state index contributed by atoms with van der Waals surface area (Å²) in [5, 5.41) is 14.9. The van der Waals surface area contributed by atoms with Gasteiger partial charge in [0, 0.05) is 19.0 Å². The number of halogens is 3. The lowest BCUT2D eigenvalue weighted by molar-refractivity contribution is -0.137. The second-order valence-electron chi connectivity index (χ2n) is 6.91. The number of carbonyl (C=O) groups is 1. The zero-order chi connectivity index (χ0) is 22.1. The van der Waals surface area contributed by atoms with Gasteiger partial charge in [-0.15, -0.1) is 11.8 Å². The van der Waals surface area contributed by atoms with Crippen LogP contribution in [-0.4, -0.2) is 33.9 Å². The number of aliphatic hydroxyl groups is 1. The lowest BCUT2D eigenvalue weighted by atomic mass is 9.83. The lowest BCUT2D eigenvalue weighted by Crippen LogP contribution is -2.25. The van der Waals surface area contributed by atoms with Crippen LogP contribution in [0.5, 0.6) is 0 Å². The first-order valence-corrected chi connectivity index (χ1v) is 10.7.